The summed E-state index contributed by atoms with van der Waals surface area (Å²) in [7, 11) is 1.47. The number of hydrogen-bond acceptors (Lipinski definition) is 6. The molecule has 156 valence electrons. The van der Waals surface area contributed by atoms with Gasteiger partial charge in [0.15, 0.2) is 17.3 Å². The minimum absolute atomic E-state index is 0.0241. The van der Waals surface area contributed by atoms with Crippen molar-refractivity contribution >= 4 is 44.9 Å². The van der Waals surface area contributed by atoms with Gasteiger partial charge in [0.1, 0.15) is 0 Å². The third-order valence-electron chi connectivity index (χ3n) is 4.02. The second-order valence-corrected chi connectivity index (χ2v) is 8.49. The van der Waals surface area contributed by atoms with Crippen LogP contribution in [0.4, 0.5) is 0 Å². The first-order chi connectivity index (χ1) is 13.8. The highest BCUT2D eigenvalue weighted by Crippen LogP contribution is 2.36. The van der Waals surface area contributed by atoms with E-state index in [1.54, 1.807) is 17.4 Å². The molecule has 1 aromatic heterocycles. The number of hydrogen-bond donors (Lipinski definition) is 2. The molecule has 0 spiro atoms. The maximum atomic E-state index is 12.3. The van der Waals surface area contributed by atoms with Crippen molar-refractivity contribution in [3.8, 4) is 11.5 Å². The molecule has 0 fully saturated rings. The first-order valence-electron chi connectivity index (χ1n) is 8.96. The fourth-order valence-electron chi connectivity index (χ4n) is 2.67. The highest BCUT2D eigenvalue weighted by molar-refractivity contribution is 9.10. The second-order valence-electron chi connectivity index (χ2n) is 6.17. The lowest BCUT2D eigenvalue weighted by atomic mass is 10.1. The molecule has 9 heteroatoms. The van der Waals surface area contributed by atoms with Gasteiger partial charge in [-0.1, -0.05) is 0 Å². The summed E-state index contributed by atoms with van der Waals surface area (Å²) in [5.41, 5.74) is 5.60. The van der Waals surface area contributed by atoms with Gasteiger partial charge in [-0.3, -0.25) is 25.2 Å². The Bertz CT molecular complexity index is 926. The van der Waals surface area contributed by atoms with E-state index < -0.39 is 11.8 Å². The lowest BCUT2D eigenvalue weighted by Crippen LogP contribution is -2.41. The van der Waals surface area contributed by atoms with Gasteiger partial charge in [0.2, 0.25) is 5.91 Å². The molecule has 2 N–H and O–H groups in total. The molecule has 1 heterocycles. The Morgan fingerprint density at radius 3 is 2.41 bits per heavy atom. The quantitative estimate of drug-likeness (QED) is 0.438. The number of ketones is 1. The predicted octanol–water partition coefficient (Wildman–Crippen LogP) is 3.96. The smallest absolute Gasteiger partial charge is 0.269 e. The van der Waals surface area contributed by atoms with Crippen LogP contribution in [0.15, 0.2) is 22.7 Å². The minimum Gasteiger partial charge on any atom is -0.493 e. The summed E-state index contributed by atoms with van der Waals surface area (Å²) in [4.78, 5) is 38.6. The lowest BCUT2D eigenvalue weighted by Gasteiger charge is -2.13. The molecule has 0 aliphatic rings. The number of amides is 2. The molecule has 0 radical (unpaired) electrons. The predicted molar refractivity (Wildman–Crippen MR) is 115 cm³/mol. The maximum absolute atomic E-state index is 12.3. The average molecular weight is 483 g/mol. The number of nitrogens with one attached hydrogen (secondary N) is 2. The van der Waals surface area contributed by atoms with E-state index in [-0.39, 0.29) is 24.2 Å². The Hall–Kier alpha value is -2.39. The SMILES string of the molecule is CCOc1c(Br)cc(C(=O)NNC(=O)CCC(=O)c2cc(C)sc2C)cc1OC. The number of Topliss-reactive ketones (excluding diaryl/α,β-unsaturated/α-hetero) is 1. The minimum atomic E-state index is -0.518. The van der Waals surface area contributed by atoms with E-state index in [0.717, 1.165) is 9.75 Å². The standard InChI is InChI=1S/C20H23BrN2O5S/c1-5-28-19-15(21)9-13(10-17(19)27-4)20(26)23-22-18(25)7-6-16(24)14-8-11(2)29-12(14)3/h8-10H,5-7H2,1-4H3,(H,22,25)(H,23,26). The van der Waals surface area contributed by atoms with Crippen LogP contribution >= 0.6 is 27.3 Å². The zero-order valence-electron chi connectivity index (χ0n) is 16.7. The van der Waals surface area contributed by atoms with Crippen LogP contribution in [0.25, 0.3) is 0 Å². The summed E-state index contributed by atoms with van der Waals surface area (Å²) in [6.45, 7) is 6.10. The molecule has 0 aliphatic heterocycles. The topological polar surface area (TPSA) is 93.7 Å². The van der Waals surface area contributed by atoms with Crippen molar-refractivity contribution in [2.75, 3.05) is 13.7 Å². The average Bonchev–Trinajstić information content (AvgIpc) is 3.03. The Labute approximate surface area is 181 Å². The molecule has 29 heavy (non-hydrogen) atoms. The molecule has 0 saturated carbocycles. The van der Waals surface area contributed by atoms with Crippen molar-refractivity contribution in [1.29, 1.82) is 0 Å². The van der Waals surface area contributed by atoms with Crippen LogP contribution in [-0.2, 0) is 4.79 Å². The first-order valence-corrected chi connectivity index (χ1v) is 10.6. The molecule has 0 aliphatic carbocycles. The molecular formula is C20H23BrN2O5S. The number of hydrazine groups is 1. The molecule has 2 amide bonds. The highest BCUT2D eigenvalue weighted by Gasteiger charge is 2.17. The fraction of sp³-hybridized carbons (Fsp3) is 0.350. The number of aryl methyl sites for hydroxylation is 2. The number of halogens is 1. The number of carbonyl (C=O) groups excluding carboxylic acids is 3. The van der Waals surface area contributed by atoms with Gasteiger partial charge < -0.3 is 9.47 Å². The number of rotatable bonds is 8. The molecule has 0 unspecified atom stereocenters. The monoisotopic (exact) mass is 482 g/mol. The molecule has 0 saturated heterocycles. The summed E-state index contributed by atoms with van der Waals surface area (Å²) >= 11 is 4.90. The van der Waals surface area contributed by atoms with E-state index in [0.29, 0.717) is 28.1 Å². The number of carbonyl (C=O) groups is 3. The molecule has 1 aromatic carbocycles. The van der Waals surface area contributed by atoms with Crippen molar-refractivity contribution in [1.82, 2.24) is 10.9 Å². The van der Waals surface area contributed by atoms with Gasteiger partial charge in [-0.05, 0) is 54.9 Å². The van der Waals surface area contributed by atoms with Crippen molar-refractivity contribution in [2.24, 2.45) is 0 Å². The zero-order valence-corrected chi connectivity index (χ0v) is 19.1. The van der Waals surface area contributed by atoms with Crippen molar-refractivity contribution in [3.05, 3.63) is 43.6 Å². The van der Waals surface area contributed by atoms with E-state index in [9.17, 15) is 14.4 Å². The van der Waals surface area contributed by atoms with Crippen LogP contribution < -0.4 is 20.3 Å². The molecular weight excluding hydrogens is 460 g/mol. The molecule has 0 bridgehead atoms. The summed E-state index contributed by atoms with van der Waals surface area (Å²) in [6, 6.07) is 4.92. The van der Waals surface area contributed by atoms with Gasteiger partial charge in [0.25, 0.3) is 5.91 Å². The summed E-state index contributed by atoms with van der Waals surface area (Å²) < 4.78 is 11.3. The Kier molecular flexibility index (Phi) is 8.21. The van der Waals surface area contributed by atoms with Crippen LogP contribution in [0.2, 0.25) is 0 Å². The van der Waals surface area contributed by atoms with Gasteiger partial charge in [-0.25, -0.2) is 0 Å². The Morgan fingerprint density at radius 1 is 1.10 bits per heavy atom. The van der Waals surface area contributed by atoms with Gasteiger partial charge in [0, 0.05) is 33.7 Å². The lowest BCUT2D eigenvalue weighted by molar-refractivity contribution is -0.121. The van der Waals surface area contributed by atoms with Gasteiger partial charge in [-0.2, -0.15) is 0 Å². The number of methoxy groups -OCH3 is 1. The summed E-state index contributed by atoms with van der Waals surface area (Å²) in [6.07, 6.45) is 0.0465. The van der Waals surface area contributed by atoms with Gasteiger partial charge in [-0.15, -0.1) is 11.3 Å². The fourth-order valence-corrected chi connectivity index (χ4v) is 4.16. The number of benzene rings is 1. The highest BCUT2D eigenvalue weighted by atomic mass is 79.9. The maximum Gasteiger partial charge on any atom is 0.269 e. The van der Waals surface area contributed by atoms with E-state index in [1.165, 1.54) is 13.2 Å². The van der Waals surface area contributed by atoms with Gasteiger partial charge in [0.05, 0.1) is 18.2 Å². The summed E-state index contributed by atoms with van der Waals surface area (Å²) in [5.74, 6) is -0.171. The van der Waals surface area contributed by atoms with E-state index in [1.807, 2.05) is 26.8 Å². The van der Waals surface area contributed by atoms with Crippen LogP contribution in [0, 0.1) is 13.8 Å². The third kappa shape index (κ3) is 6.04. The normalized spacial score (nSPS) is 10.4. The van der Waals surface area contributed by atoms with E-state index in [4.69, 9.17) is 9.47 Å². The van der Waals surface area contributed by atoms with E-state index >= 15 is 0 Å². The van der Waals surface area contributed by atoms with Crippen LogP contribution in [0.1, 0.15) is 50.2 Å². The zero-order chi connectivity index (χ0) is 21.6. The number of ether oxygens (including phenoxy) is 2. The van der Waals surface area contributed by atoms with Crippen LogP contribution in [0.5, 0.6) is 11.5 Å². The Balaban J connectivity index is 1.91. The largest absolute Gasteiger partial charge is 0.493 e. The molecule has 7 nitrogen and oxygen atoms in total. The Morgan fingerprint density at radius 2 is 1.83 bits per heavy atom. The third-order valence-corrected chi connectivity index (χ3v) is 5.57. The molecule has 2 rings (SSSR count). The van der Waals surface area contributed by atoms with Crippen LogP contribution in [-0.4, -0.2) is 31.3 Å². The van der Waals surface area contributed by atoms with Crippen LogP contribution in [0.3, 0.4) is 0 Å². The van der Waals surface area contributed by atoms with Gasteiger partial charge >= 0.3 is 0 Å². The molecule has 0 atom stereocenters. The summed E-state index contributed by atoms with van der Waals surface area (Å²) in [5, 5.41) is 0. The molecule has 2 aromatic rings. The van der Waals surface area contributed by atoms with E-state index in [2.05, 4.69) is 26.8 Å². The van der Waals surface area contributed by atoms with Crippen molar-refractivity contribution in [3.63, 3.8) is 0 Å². The number of thiophene rings is 1. The van der Waals surface area contributed by atoms with Crippen molar-refractivity contribution < 1.29 is 23.9 Å². The first kappa shape index (κ1) is 22.9. The van der Waals surface area contributed by atoms with Crippen molar-refractivity contribution in [2.45, 2.75) is 33.6 Å². The second kappa shape index (κ2) is 10.4.